The van der Waals surface area contributed by atoms with E-state index in [0.717, 1.165) is 0 Å². The lowest BCUT2D eigenvalue weighted by molar-refractivity contribution is -0.141. The van der Waals surface area contributed by atoms with Crippen molar-refractivity contribution in [3.8, 4) is 0 Å². The number of carbonyl (C=O) groups is 3. The number of carboxylic acids is 1. The van der Waals surface area contributed by atoms with Crippen molar-refractivity contribution >= 4 is 17.8 Å². The Morgan fingerprint density at radius 2 is 1.70 bits per heavy atom. The number of rotatable bonds is 9. The van der Waals surface area contributed by atoms with E-state index < -0.39 is 23.5 Å². The number of carbonyl (C=O) groups excluding carboxylic acids is 2. The largest absolute Gasteiger partial charge is 0.480 e. The Morgan fingerprint density at radius 3 is 2.13 bits per heavy atom. The van der Waals surface area contributed by atoms with Crippen LogP contribution in [0, 0.1) is 0 Å². The Kier molecular flexibility index (Phi) is 8.23. The normalized spacial score (nSPS) is 13.3. The van der Waals surface area contributed by atoms with Crippen molar-refractivity contribution in [1.29, 1.82) is 0 Å². The maximum absolute atomic E-state index is 12.0. The van der Waals surface area contributed by atoms with Gasteiger partial charge in [0.05, 0.1) is 5.60 Å². The molecule has 7 nitrogen and oxygen atoms in total. The molecule has 0 radical (unpaired) electrons. The number of amides is 2. The van der Waals surface area contributed by atoms with Gasteiger partial charge in [0.1, 0.15) is 6.04 Å². The average molecular weight is 330 g/mol. The van der Waals surface area contributed by atoms with E-state index in [1.54, 1.807) is 0 Å². The summed E-state index contributed by atoms with van der Waals surface area (Å²) in [6.07, 6.45) is 0.722. The summed E-state index contributed by atoms with van der Waals surface area (Å²) in [7, 11) is 0. The Bertz CT molecular complexity index is 427. The van der Waals surface area contributed by atoms with Crippen molar-refractivity contribution in [3.05, 3.63) is 0 Å². The van der Waals surface area contributed by atoms with E-state index in [4.69, 9.17) is 9.84 Å². The molecule has 0 aliphatic heterocycles. The highest BCUT2D eigenvalue weighted by atomic mass is 16.5. The topological polar surface area (TPSA) is 105 Å². The minimum absolute atomic E-state index is 0.0286. The summed E-state index contributed by atoms with van der Waals surface area (Å²) in [4.78, 5) is 33.9. The van der Waals surface area contributed by atoms with Gasteiger partial charge in [0.2, 0.25) is 11.8 Å². The molecule has 7 heteroatoms. The molecule has 0 fully saturated rings. The Hall–Kier alpha value is -1.63. The zero-order valence-electron chi connectivity index (χ0n) is 15.0. The fourth-order valence-corrected chi connectivity index (χ4v) is 1.89. The first kappa shape index (κ1) is 21.4. The van der Waals surface area contributed by atoms with Gasteiger partial charge in [-0.2, -0.15) is 0 Å². The maximum Gasteiger partial charge on any atom is 0.326 e. The number of nitrogens with one attached hydrogen (secondary N) is 2. The van der Waals surface area contributed by atoms with Crippen molar-refractivity contribution < 1.29 is 24.2 Å². The van der Waals surface area contributed by atoms with Crippen LogP contribution in [0.1, 0.15) is 60.8 Å². The molecule has 0 aliphatic rings. The Balaban J connectivity index is 4.29. The fourth-order valence-electron chi connectivity index (χ4n) is 1.89. The second-order valence-corrected chi connectivity index (χ2v) is 7.27. The molecule has 0 rings (SSSR count). The molecule has 0 heterocycles. The van der Waals surface area contributed by atoms with Crippen LogP contribution >= 0.6 is 0 Å². The SMILES string of the molecule is CC(=O)NC(CCC(=O)NC(C)(C)CCOC(C)(C)C)C(=O)O. The highest BCUT2D eigenvalue weighted by molar-refractivity contribution is 5.83. The molecule has 1 atom stereocenters. The first-order valence-electron chi connectivity index (χ1n) is 7.77. The summed E-state index contributed by atoms with van der Waals surface area (Å²) in [5.41, 5.74) is -0.678. The van der Waals surface area contributed by atoms with E-state index in [0.29, 0.717) is 13.0 Å². The molecule has 0 aromatic carbocycles. The summed E-state index contributed by atoms with van der Waals surface area (Å²) in [5, 5.41) is 14.2. The van der Waals surface area contributed by atoms with Crippen LogP contribution in [0.15, 0.2) is 0 Å². The lowest BCUT2D eigenvalue weighted by Gasteiger charge is -2.28. The van der Waals surface area contributed by atoms with Crippen LogP contribution < -0.4 is 10.6 Å². The molecule has 134 valence electrons. The van der Waals surface area contributed by atoms with Gasteiger partial charge in [0.15, 0.2) is 0 Å². The van der Waals surface area contributed by atoms with E-state index in [2.05, 4.69) is 10.6 Å². The van der Waals surface area contributed by atoms with Gasteiger partial charge in [-0.15, -0.1) is 0 Å². The van der Waals surface area contributed by atoms with Crippen LogP contribution in [-0.2, 0) is 19.1 Å². The van der Waals surface area contributed by atoms with Crippen molar-refractivity contribution in [2.24, 2.45) is 0 Å². The molecular formula is C16H30N2O5. The second-order valence-electron chi connectivity index (χ2n) is 7.27. The molecular weight excluding hydrogens is 300 g/mol. The summed E-state index contributed by atoms with van der Waals surface area (Å²) in [6, 6.07) is -1.05. The Morgan fingerprint density at radius 1 is 1.13 bits per heavy atom. The van der Waals surface area contributed by atoms with Crippen molar-refractivity contribution in [2.75, 3.05) is 6.61 Å². The standard InChI is InChI=1S/C16H30N2O5/c1-11(19)17-12(14(21)22)7-8-13(20)18-16(5,6)9-10-23-15(2,3)4/h12H,7-10H2,1-6H3,(H,17,19)(H,18,20)(H,21,22). The lowest BCUT2D eigenvalue weighted by Crippen LogP contribution is -2.46. The second kappa shape index (κ2) is 8.86. The molecule has 23 heavy (non-hydrogen) atoms. The van der Waals surface area contributed by atoms with Gasteiger partial charge in [0.25, 0.3) is 0 Å². The molecule has 0 saturated carbocycles. The number of carboxylic acid groups (broad SMARTS) is 1. The minimum atomic E-state index is -1.15. The molecule has 0 saturated heterocycles. The zero-order valence-corrected chi connectivity index (χ0v) is 15.0. The molecule has 3 N–H and O–H groups in total. The molecule has 0 spiro atoms. The van der Waals surface area contributed by atoms with Crippen molar-refractivity contribution in [3.63, 3.8) is 0 Å². The molecule has 0 aromatic rings. The fraction of sp³-hybridized carbons (Fsp3) is 0.812. The highest BCUT2D eigenvalue weighted by Crippen LogP contribution is 2.13. The summed E-state index contributed by atoms with van der Waals surface area (Å²) < 4.78 is 5.64. The van der Waals surface area contributed by atoms with Crippen LogP contribution in [0.3, 0.4) is 0 Å². The quantitative estimate of drug-likeness (QED) is 0.593. The van der Waals surface area contributed by atoms with Gasteiger partial charge < -0.3 is 20.5 Å². The third-order valence-electron chi connectivity index (χ3n) is 3.08. The van der Waals surface area contributed by atoms with Crippen LogP contribution in [0.2, 0.25) is 0 Å². The summed E-state index contributed by atoms with van der Waals surface area (Å²) in [5.74, 6) is -1.83. The molecule has 0 bridgehead atoms. The predicted octanol–water partition coefficient (Wildman–Crippen LogP) is 1.46. The number of hydrogen-bond donors (Lipinski definition) is 3. The summed E-state index contributed by atoms with van der Waals surface area (Å²) >= 11 is 0. The van der Waals surface area contributed by atoms with Crippen LogP contribution in [0.25, 0.3) is 0 Å². The third kappa shape index (κ3) is 11.6. The smallest absolute Gasteiger partial charge is 0.326 e. The van der Waals surface area contributed by atoms with Crippen LogP contribution in [0.4, 0.5) is 0 Å². The number of ether oxygens (including phenoxy) is 1. The molecule has 1 unspecified atom stereocenters. The third-order valence-corrected chi connectivity index (χ3v) is 3.08. The molecule has 2 amide bonds. The van der Waals surface area contributed by atoms with Crippen LogP contribution in [-0.4, -0.2) is 46.7 Å². The predicted molar refractivity (Wildman–Crippen MR) is 87.0 cm³/mol. The summed E-state index contributed by atoms with van der Waals surface area (Å²) in [6.45, 7) is 11.4. The minimum Gasteiger partial charge on any atom is -0.480 e. The van der Waals surface area contributed by atoms with Gasteiger partial charge >= 0.3 is 5.97 Å². The maximum atomic E-state index is 12.0. The number of hydrogen-bond acceptors (Lipinski definition) is 4. The van der Waals surface area contributed by atoms with Crippen molar-refractivity contribution in [1.82, 2.24) is 10.6 Å². The van der Waals surface area contributed by atoms with E-state index in [1.165, 1.54) is 6.92 Å². The van der Waals surface area contributed by atoms with Gasteiger partial charge in [0, 0.05) is 25.5 Å². The van der Waals surface area contributed by atoms with E-state index in [1.807, 2.05) is 34.6 Å². The molecule has 0 aliphatic carbocycles. The zero-order chi connectivity index (χ0) is 18.3. The van der Waals surface area contributed by atoms with E-state index in [-0.39, 0.29) is 24.3 Å². The highest BCUT2D eigenvalue weighted by Gasteiger charge is 2.24. The van der Waals surface area contributed by atoms with Gasteiger partial charge in [-0.1, -0.05) is 0 Å². The van der Waals surface area contributed by atoms with E-state index in [9.17, 15) is 14.4 Å². The van der Waals surface area contributed by atoms with Gasteiger partial charge in [-0.05, 0) is 47.5 Å². The Labute approximate surface area is 138 Å². The average Bonchev–Trinajstić information content (AvgIpc) is 2.30. The first-order chi connectivity index (χ1) is 10.3. The van der Waals surface area contributed by atoms with Gasteiger partial charge in [-0.25, -0.2) is 4.79 Å². The van der Waals surface area contributed by atoms with Crippen LogP contribution in [0.5, 0.6) is 0 Å². The number of aliphatic carboxylic acids is 1. The van der Waals surface area contributed by atoms with E-state index >= 15 is 0 Å². The monoisotopic (exact) mass is 330 g/mol. The van der Waals surface area contributed by atoms with Crippen molar-refractivity contribution in [2.45, 2.75) is 78.0 Å². The van der Waals surface area contributed by atoms with Gasteiger partial charge in [-0.3, -0.25) is 9.59 Å². The molecule has 0 aromatic heterocycles. The lowest BCUT2D eigenvalue weighted by atomic mass is 10.00. The first-order valence-corrected chi connectivity index (χ1v) is 7.77.